The number of hydrogen-bond acceptors (Lipinski definition) is 5. The van der Waals surface area contributed by atoms with Crippen molar-refractivity contribution in [3.8, 4) is 0 Å². The zero-order valence-electron chi connectivity index (χ0n) is 17.4. The second-order valence-electron chi connectivity index (χ2n) is 4.97. The van der Waals surface area contributed by atoms with Crippen molar-refractivity contribution in [1.82, 2.24) is 0 Å². The van der Waals surface area contributed by atoms with Crippen LogP contribution < -0.4 is 0 Å². The van der Waals surface area contributed by atoms with Gasteiger partial charge in [0.05, 0.1) is 6.10 Å². The molecule has 0 radical (unpaired) electrons. The van der Waals surface area contributed by atoms with E-state index in [0.717, 1.165) is 32.1 Å². The second-order valence-corrected chi connectivity index (χ2v) is 7.79. The van der Waals surface area contributed by atoms with Gasteiger partial charge in [-0.3, -0.25) is 0 Å². The number of carbonyl (C=O) groups excluding carboxylic acids is 1. The van der Waals surface area contributed by atoms with Crippen LogP contribution in [-0.2, 0) is 22.8 Å². The lowest BCUT2D eigenvalue weighted by molar-refractivity contribution is -0.147. The molecule has 0 spiro atoms. The largest absolute Gasteiger partial charge is 0.457 e. The van der Waals surface area contributed by atoms with E-state index in [2.05, 4.69) is 27.0 Å². The van der Waals surface area contributed by atoms with Crippen LogP contribution in [0.5, 0.6) is 0 Å². The Morgan fingerprint density at radius 1 is 1.12 bits per heavy atom. The third-order valence-corrected chi connectivity index (χ3v) is 5.88. The zero-order chi connectivity index (χ0) is 20.1. The molecule has 0 aliphatic carbocycles. The third-order valence-electron chi connectivity index (χ3n) is 3.06. The van der Waals surface area contributed by atoms with Gasteiger partial charge in [-0.25, -0.2) is 4.79 Å². The van der Waals surface area contributed by atoms with Gasteiger partial charge in [-0.1, -0.05) is 33.4 Å². The van der Waals surface area contributed by atoms with E-state index < -0.39 is 9.28 Å². The molecule has 5 nitrogen and oxygen atoms in total. The standard InChI is InChI=1S/C8H16O3Si.C6H16O2Si.C4H8/c1-4-7(6(3)11-12)10-8(9)5-2;1-4-7-9(6-3)8-5-2;1-3-4-2/h5-7H,2,4H2,1,3,12H3;9H,4-6H2,1-3H3;3H,1,4H2,2H3. The first-order valence-electron chi connectivity index (χ1n) is 9.11. The fourth-order valence-corrected chi connectivity index (χ4v) is 3.13. The van der Waals surface area contributed by atoms with Crippen LogP contribution in [0.4, 0.5) is 0 Å². The smallest absolute Gasteiger partial charge is 0.330 e. The summed E-state index contributed by atoms with van der Waals surface area (Å²) in [5, 5.41) is 0. The van der Waals surface area contributed by atoms with Crippen LogP contribution in [0.25, 0.3) is 0 Å². The maximum absolute atomic E-state index is 10.8. The zero-order valence-corrected chi connectivity index (χ0v) is 20.5. The summed E-state index contributed by atoms with van der Waals surface area (Å²) in [4.78, 5) is 10.8. The van der Waals surface area contributed by atoms with Gasteiger partial charge in [0.1, 0.15) is 16.6 Å². The summed E-state index contributed by atoms with van der Waals surface area (Å²) >= 11 is 0. The molecule has 2 unspecified atom stereocenters. The quantitative estimate of drug-likeness (QED) is 0.234. The summed E-state index contributed by atoms with van der Waals surface area (Å²) in [5.74, 6) is -0.382. The molecule has 0 amide bonds. The molecule has 0 aromatic carbocycles. The van der Waals surface area contributed by atoms with E-state index >= 15 is 0 Å². The SMILES string of the molecule is C=CC(=O)OC(CC)C(C)O[SiH3].C=CCC.CCO[SiH](CC)OCC. The Morgan fingerprint density at radius 3 is 1.84 bits per heavy atom. The first kappa shape index (κ1) is 29.0. The molecule has 7 heteroatoms. The molecule has 0 heterocycles. The molecule has 0 rings (SSSR count). The van der Waals surface area contributed by atoms with Gasteiger partial charge in [0.15, 0.2) is 0 Å². The summed E-state index contributed by atoms with van der Waals surface area (Å²) in [6, 6.07) is 1.07. The maximum atomic E-state index is 10.8. The summed E-state index contributed by atoms with van der Waals surface area (Å²) in [7, 11) is -0.553. The van der Waals surface area contributed by atoms with Crippen LogP contribution in [0.3, 0.4) is 0 Å². The molecule has 25 heavy (non-hydrogen) atoms. The van der Waals surface area contributed by atoms with Gasteiger partial charge in [0, 0.05) is 19.3 Å². The number of carbonyl (C=O) groups is 1. The first-order valence-corrected chi connectivity index (χ1v) is 11.7. The molecule has 0 aromatic heterocycles. The van der Waals surface area contributed by atoms with Crippen molar-refractivity contribution in [3.05, 3.63) is 25.3 Å². The predicted molar refractivity (Wildman–Crippen MR) is 112 cm³/mol. The lowest BCUT2D eigenvalue weighted by Gasteiger charge is -2.21. The average molecular weight is 393 g/mol. The van der Waals surface area contributed by atoms with Gasteiger partial charge in [-0.15, -0.1) is 6.58 Å². The van der Waals surface area contributed by atoms with Crippen LogP contribution in [-0.4, -0.2) is 51.2 Å². The molecule has 0 N–H and O–H groups in total. The van der Waals surface area contributed by atoms with Gasteiger partial charge in [0.25, 0.3) is 0 Å². The van der Waals surface area contributed by atoms with Crippen LogP contribution in [0.1, 0.15) is 54.4 Å². The molecular formula is C18H40O5Si2. The van der Waals surface area contributed by atoms with Crippen molar-refractivity contribution < 1.29 is 22.8 Å². The van der Waals surface area contributed by atoms with E-state index in [1.165, 1.54) is 6.08 Å². The summed E-state index contributed by atoms with van der Waals surface area (Å²) < 4.78 is 20.9. The highest BCUT2D eigenvalue weighted by Crippen LogP contribution is 2.07. The van der Waals surface area contributed by atoms with Crippen LogP contribution in [0.2, 0.25) is 6.04 Å². The minimum Gasteiger partial charge on any atom is -0.457 e. The van der Waals surface area contributed by atoms with Crippen molar-refractivity contribution in [2.75, 3.05) is 13.2 Å². The van der Waals surface area contributed by atoms with E-state index in [-0.39, 0.29) is 18.2 Å². The van der Waals surface area contributed by atoms with Gasteiger partial charge in [-0.2, -0.15) is 0 Å². The number of hydrogen-bond donors (Lipinski definition) is 0. The predicted octanol–water partition coefficient (Wildman–Crippen LogP) is 3.06. The van der Waals surface area contributed by atoms with E-state index in [1.54, 1.807) is 0 Å². The second kappa shape index (κ2) is 23.3. The highest BCUT2D eigenvalue weighted by Gasteiger charge is 2.17. The molecule has 150 valence electrons. The van der Waals surface area contributed by atoms with Crippen molar-refractivity contribution in [2.45, 2.75) is 72.6 Å². The van der Waals surface area contributed by atoms with Crippen molar-refractivity contribution >= 4 is 25.7 Å². The van der Waals surface area contributed by atoms with Gasteiger partial charge >= 0.3 is 15.3 Å². The molecule has 0 saturated heterocycles. The Morgan fingerprint density at radius 2 is 1.60 bits per heavy atom. The van der Waals surface area contributed by atoms with Crippen LogP contribution in [0, 0.1) is 0 Å². The average Bonchev–Trinajstić information content (AvgIpc) is 2.65. The normalized spacial score (nSPS) is 12.1. The molecule has 0 aliphatic heterocycles. The summed E-state index contributed by atoms with van der Waals surface area (Å²) in [5.41, 5.74) is 0. The third kappa shape index (κ3) is 21.2. The minimum atomic E-state index is -1.21. The Kier molecular flexibility index (Phi) is 27.0. The molecule has 0 saturated carbocycles. The highest BCUT2D eigenvalue weighted by molar-refractivity contribution is 6.44. The fraction of sp³-hybridized carbons (Fsp3) is 0.722. The monoisotopic (exact) mass is 392 g/mol. The first-order chi connectivity index (χ1) is 11.9. The van der Waals surface area contributed by atoms with Gasteiger partial charge < -0.3 is 18.0 Å². The number of allylic oxidation sites excluding steroid dienone is 1. The topological polar surface area (TPSA) is 54.0 Å². The fourth-order valence-electron chi connectivity index (χ4n) is 1.52. The maximum Gasteiger partial charge on any atom is 0.330 e. The molecule has 2 atom stereocenters. The van der Waals surface area contributed by atoms with E-state index in [9.17, 15) is 4.79 Å². The Hall–Kier alpha value is -0.736. The van der Waals surface area contributed by atoms with E-state index in [4.69, 9.17) is 18.0 Å². The van der Waals surface area contributed by atoms with Gasteiger partial charge in [-0.05, 0) is 39.7 Å². The van der Waals surface area contributed by atoms with Crippen LogP contribution in [0.15, 0.2) is 25.3 Å². The number of rotatable bonds is 11. The molecular weight excluding hydrogens is 352 g/mol. The van der Waals surface area contributed by atoms with E-state index in [1.807, 2.05) is 33.8 Å². The molecule has 0 bridgehead atoms. The summed E-state index contributed by atoms with van der Waals surface area (Å²) in [6.45, 7) is 20.4. The van der Waals surface area contributed by atoms with Crippen molar-refractivity contribution in [1.29, 1.82) is 0 Å². The lowest BCUT2D eigenvalue weighted by Crippen LogP contribution is -2.29. The Balaban J connectivity index is -0.000000328. The van der Waals surface area contributed by atoms with E-state index in [0.29, 0.717) is 10.5 Å². The highest BCUT2D eigenvalue weighted by atomic mass is 28.3. The summed E-state index contributed by atoms with van der Waals surface area (Å²) in [6.07, 6.45) is 4.74. The minimum absolute atomic E-state index is 0.00873. The Bertz CT molecular complexity index is 308. The van der Waals surface area contributed by atoms with Crippen LogP contribution >= 0.6 is 0 Å². The Labute approximate surface area is 160 Å². The van der Waals surface area contributed by atoms with Crippen molar-refractivity contribution in [3.63, 3.8) is 0 Å². The van der Waals surface area contributed by atoms with Gasteiger partial charge in [0.2, 0.25) is 0 Å². The lowest BCUT2D eigenvalue weighted by atomic mass is 10.2. The molecule has 0 aliphatic rings. The molecule has 0 aromatic rings. The van der Waals surface area contributed by atoms with Crippen molar-refractivity contribution in [2.24, 2.45) is 0 Å². The number of esters is 1. The molecule has 0 fully saturated rings. The number of ether oxygens (including phenoxy) is 1.